The third-order valence-electron chi connectivity index (χ3n) is 5.07. The number of aliphatic hydroxyl groups excluding tert-OH is 1. The molecular formula is C24H17BrClNO4. The second-order valence-corrected chi connectivity index (χ2v) is 8.23. The van der Waals surface area contributed by atoms with Crippen LogP contribution in [0.5, 0.6) is 5.75 Å². The molecular weight excluding hydrogens is 482 g/mol. The van der Waals surface area contributed by atoms with E-state index in [2.05, 4.69) is 15.9 Å². The number of carbonyl (C=O) groups is 2. The molecule has 0 bridgehead atoms. The molecule has 4 rings (SSSR count). The van der Waals surface area contributed by atoms with Gasteiger partial charge in [0.2, 0.25) is 0 Å². The number of carbonyl (C=O) groups excluding carboxylic acids is 2. The van der Waals surface area contributed by atoms with E-state index in [4.69, 9.17) is 16.3 Å². The highest BCUT2D eigenvalue weighted by molar-refractivity contribution is 9.10. The maximum atomic E-state index is 13.1. The van der Waals surface area contributed by atoms with Crippen molar-refractivity contribution in [3.63, 3.8) is 0 Å². The summed E-state index contributed by atoms with van der Waals surface area (Å²) in [7, 11) is 1.46. The largest absolute Gasteiger partial charge is 0.507 e. The zero-order valence-electron chi connectivity index (χ0n) is 16.4. The molecule has 0 saturated carbocycles. The fraction of sp³-hybridized carbons (Fsp3) is 0.0833. The van der Waals surface area contributed by atoms with E-state index in [9.17, 15) is 14.7 Å². The molecule has 0 aromatic heterocycles. The van der Waals surface area contributed by atoms with Crippen LogP contribution < -0.4 is 9.64 Å². The number of anilines is 1. The van der Waals surface area contributed by atoms with E-state index in [0.29, 0.717) is 27.6 Å². The van der Waals surface area contributed by atoms with Gasteiger partial charge < -0.3 is 9.84 Å². The SMILES string of the molecule is COc1cc(/C(O)=C2\C(=O)C(=O)N(c3cccc(Br)c3)C2c2ccccc2)ccc1Cl. The quantitative estimate of drug-likeness (QED) is 0.283. The van der Waals surface area contributed by atoms with Crippen molar-refractivity contribution in [3.8, 4) is 5.75 Å². The highest BCUT2D eigenvalue weighted by atomic mass is 79.9. The monoisotopic (exact) mass is 497 g/mol. The van der Waals surface area contributed by atoms with Gasteiger partial charge in [-0.15, -0.1) is 0 Å². The molecule has 0 aliphatic carbocycles. The summed E-state index contributed by atoms with van der Waals surface area (Å²) in [5.41, 5.74) is 1.57. The van der Waals surface area contributed by atoms with Crippen LogP contribution in [0.15, 0.2) is 82.8 Å². The molecule has 31 heavy (non-hydrogen) atoms. The molecule has 1 aliphatic heterocycles. The van der Waals surface area contributed by atoms with Crippen LogP contribution in [0, 0.1) is 0 Å². The van der Waals surface area contributed by atoms with Crippen LogP contribution in [-0.4, -0.2) is 23.9 Å². The first kappa shape index (κ1) is 21.2. The lowest BCUT2D eigenvalue weighted by Gasteiger charge is -2.25. The van der Waals surface area contributed by atoms with Crippen LogP contribution in [0.1, 0.15) is 17.2 Å². The maximum Gasteiger partial charge on any atom is 0.300 e. The zero-order valence-corrected chi connectivity index (χ0v) is 18.7. The molecule has 3 aromatic carbocycles. The van der Waals surface area contributed by atoms with Crippen molar-refractivity contribution in [2.45, 2.75) is 6.04 Å². The van der Waals surface area contributed by atoms with E-state index in [0.717, 1.165) is 4.47 Å². The molecule has 1 atom stereocenters. The van der Waals surface area contributed by atoms with Crippen LogP contribution >= 0.6 is 27.5 Å². The summed E-state index contributed by atoms with van der Waals surface area (Å²) >= 11 is 9.51. The normalized spacial score (nSPS) is 17.8. The second kappa shape index (κ2) is 8.57. The Morgan fingerprint density at radius 2 is 1.77 bits per heavy atom. The molecule has 5 nitrogen and oxygen atoms in total. The number of rotatable bonds is 4. The molecule has 1 N–H and O–H groups in total. The average Bonchev–Trinajstić information content (AvgIpc) is 3.05. The van der Waals surface area contributed by atoms with Crippen LogP contribution in [0.3, 0.4) is 0 Å². The van der Waals surface area contributed by atoms with E-state index < -0.39 is 17.7 Å². The van der Waals surface area contributed by atoms with Gasteiger partial charge in [-0.05, 0) is 42.0 Å². The fourth-order valence-corrected chi connectivity index (χ4v) is 4.22. The Kier molecular flexibility index (Phi) is 5.85. The van der Waals surface area contributed by atoms with Crippen molar-refractivity contribution in [1.82, 2.24) is 0 Å². The Bertz CT molecular complexity index is 1210. The minimum atomic E-state index is -0.794. The molecule has 1 fully saturated rings. The average molecular weight is 499 g/mol. The summed E-state index contributed by atoms with van der Waals surface area (Å²) in [4.78, 5) is 27.6. The van der Waals surface area contributed by atoms with Gasteiger partial charge in [0.25, 0.3) is 11.7 Å². The number of Topliss-reactive ketones (excluding diaryl/α,β-unsaturated/α-hetero) is 1. The first-order valence-electron chi connectivity index (χ1n) is 9.38. The summed E-state index contributed by atoms with van der Waals surface area (Å²) in [5.74, 6) is -1.42. The van der Waals surface area contributed by atoms with E-state index in [-0.39, 0.29) is 11.3 Å². The summed E-state index contributed by atoms with van der Waals surface area (Å²) in [6, 6.07) is 20.1. The van der Waals surface area contributed by atoms with Crippen LogP contribution in [-0.2, 0) is 9.59 Å². The van der Waals surface area contributed by atoms with E-state index in [1.165, 1.54) is 18.1 Å². The van der Waals surface area contributed by atoms with Crippen molar-refractivity contribution < 1.29 is 19.4 Å². The number of hydrogen-bond acceptors (Lipinski definition) is 4. The van der Waals surface area contributed by atoms with Crippen molar-refractivity contribution in [1.29, 1.82) is 0 Å². The van der Waals surface area contributed by atoms with Gasteiger partial charge >= 0.3 is 0 Å². The fourth-order valence-electron chi connectivity index (χ4n) is 3.64. The highest BCUT2D eigenvalue weighted by Gasteiger charge is 2.47. The molecule has 1 aliphatic rings. The van der Waals surface area contributed by atoms with E-state index in [1.54, 1.807) is 30.3 Å². The Morgan fingerprint density at radius 1 is 1.03 bits per heavy atom. The predicted octanol–water partition coefficient (Wildman–Crippen LogP) is 5.74. The Balaban J connectivity index is 1.95. The van der Waals surface area contributed by atoms with Gasteiger partial charge in [-0.2, -0.15) is 0 Å². The number of amides is 1. The van der Waals surface area contributed by atoms with E-state index >= 15 is 0 Å². The standard InChI is InChI=1S/C24H17BrClNO4/c1-31-19-12-15(10-11-18(19)26)22(28)20-21(14-6-3-2-4-7-14)27(24(30)23(20)29)17-9-5-8-16(25)13-17/h2-13,21,28H,1H3/b22-20+. The van der Waals surface area contributed by atoms with Gasteiger partial charge in [-0.1, -0.05) is 63.9 Å². The molecule has 1 heterocycles. The Hall–Kier alpha value is -3.09. The molecule has 3 aromatic rings. The summed E-state index contributed by atoms with van der Waals surface area (Å²) < 4.78 is 5.99. The number of benzene rings is 3. The number of halogens is 2. The number of ketones is 1. The topological polar surface area (TPSA) is 66.8 Å². The number of aliphatic hydroxyl groups is 1. The van der Waals surface area contributed by atoms with E-state index in [1.807, 2.05) is 36.4 Å². The third-order valence-corrected chi connectivity index (χ3v) is 5.88. The minimum Gasteiger partial charge on any atom is -0.507 e. The smallest absolute Gasteiger partial charge is 0.300 e. The molecule has 156 valence electrons. The van der Waals surface area contributed by atoms with Crippen LogP contribution in [0.2, 0.25) is 5.02 Å². The molecule has 1 unspecified atom stereocenters. The second-order valence-electron chi connectivity index (χ2n) is 6.91. The number of nitrogens with zero attached hydrogens (tertiary/aromatic N) is 1. The van der Waals surface area contributed by atoms with Crippen molar-refractivity contribution in [3.05, 3.63) is 99.0 Å². The lowest BCUT2D eigenvalue weighted by atomic mass is 9.95. The summed E-state index contributed by atoms with van der Waals surface area (Å²) in [6.07, 6.45) is 0. The Labute approximate surface area is 192 Å². The lowest BCUT2D eigenvalue weighted by Crippen LogP contribution is -2.29. The first-order chi connectivity index (χ1) is 14.9. The van der Waals surface area contributed by atoms with Crippen molar-refractivity contribution in [2.24, 2.45) is 0 Å². The number of ether oxygens (including phenoxy) is 1. The molecule has 7 heteroatoms. The van der Waals surface area contributed by atoms with Crippen molar-refractivity contribution >= 4 is 50.7 Å². The van der Waals surface area contributed by atoms with Crippen molar-refractivity contribution in [2.75, 3.05) is 12.0 Å². The minimum absolute atomic E-state index is 0.000510. The lowest BCUT2D eigenvalue weighted by molar-refractivity contribution is -0.132. The summed E-state index contributed by atoms with van der Waals surface area (Å²) in [6.45, 7) is 0. The van der Waals surface area contributed by atoms with Crippen LogP contribution in [0.4, 0.5) is 5.69 Å². The van der Waals surface area contributed by atoms with Gasteiger partial charge in [0.1, 0.15) is 11.5 Å². The van der Waals surface area contributed by atoms with Gasteiger partial charge in [-0.3, -0.25) is 14.5 Å². The van der Waals surface area contributed by atoms with Gasteiger partial charge in [-0.25, -0.2) is 0 Å². The van der Waals surface area contributed by atoms with Gasteiger partial charge in [0, 0.05) is 15.7 Å². The van der Waals surface area contributed by atoms with Crippen LogP contribution in [0.25, 0.3) is 5.76 Å². The molecule has 0 spiro atoms. The van der Waals surface area contributed by atoms with Gasteiger partial charge in [0.15, 0.2) is 0 Å². The Morgan fingerprint density at radius 3 is 2.45 bits per heavy atom. The molecule has 0 radical (unpaired) electrons. The maximum absolute atomic E-state index is 13.1. The third kappa shape index (κ3) is 3.84. The number of hydrogen-bond donors (Lipinski definition) is 1. The highest BCUT2D eigenvalue weighted by Crippen LogP contribution is 2.43. The molecule has 1 saturated heterocycles. The first-order valence-corrected chi connectivity index (χ1v) is 10.5. The zero-order chi connectivity index (χ0) is 22.1. The van der Waals surface area contributed by atoms with Gasteiger partial charge in [0.05, 0.1) is 23.7 Å². The number of methoxy groups -OCH3 is 1. The molecule has 1 amide bonds. The predicted molar refractivity (Wildman–Crippen MR) is 123 cm³/mol. The summed E-state index contributed by atoms with van der Waals surface area (Å²) in [5, 5.41) is 11.5.